The van der Waals surface area contributed by atoms with Crippen molar-refractivity contribution < 1.29 is 13.2 Å². The zero-order valence-corrected chi connectivity index (χ0v) is 12.2. The van der Waals surface area contributed by atoms with Crippen molar-refractivity contribution in [3.8, 4) is 0 Å². The molecule has 0 aliphatic carbocycles. The molecule has 3 aromatic rings. The predicted molar refractivity (Wildman–Crippen MR) is 81.4 cm³/mol. The minimum absolute atomic E-state index is 0.278. The van der Waals surface area contributed by atoms with Crippen LogP contribution in [0.3, 0.4) is 0 Å². The van der Waals surface area contributed by atoms with Gasteiger partial charge in [0, 0.05) is 11.8 Å². The lowest BCUT2D eigenvalue weighted by Gasteiger charge is -2.09. The van der Waals surface area contributed by atoms with Gasteiger partial charge in [-0.05, 0) is 36.2 Å². The summed E-state index contributed by atoms with van der Waals surface area (Å²) in [6.07, 6.45) is -4.01. The Morgan fingerprint density at radius 2 is 1.78 bits per heavy atom. The van der Waals surface area contributed by atoms with Crippen molar-refractivity contribution in [2.24, 2.45) is 0 Å². The number of nitrogens with zero attached hydrogens (tertiary/aromatic N) is 1. The number of halogens is 3. The van der Waals surface area contributed by atoms with Crippen LogP contribution >= 0.6 is 0 Å². The third kappa shape index (κ3) is 2.97. The van der Waals surface area contributed by atoms with Gasteiger partial charge in [0.2, 0.25) is 0 Å². The monoisotopic (exact) mass is 318 g/mol. The molecule has 0 atom stereocenters. The third-order valence-corrected chi connectivity index (χ3v) is 3.75. The first kappa shape index (κ1) is 15.3. The molecule has 0 saturated carbocycles. The van der Waals surface area contributed by atoms with Crippen molar-refractivity contribution in [1.29, 1.82) is 0 Å². The van der Waals surface area contributed by atoms with Crippen LogP contribution in [0.15, 0.2) is 47.3 Å². The van der Waals surface area contributed by atoms with E-state index < -0.39 is 11.7 Å². The van der Waals surface area contributed by atoms with Crippen molar-refractivity contribution >= 4 is 10.8 Å². The summed E-state index contributed by atoms with van der Waals surface area (Å²) in [5.41, 5.74) is 1.28. The predicted octanol–water partition coefficient (Wildman–Crippen LogP) is 3.84. The van der Waals surface area contributed by atoms with E-state index in [2.05, 4.69) is 10.2 Å². The largest absolute Gasteiger partial charge is 0.416 e. The Hall–Kier alpha value is -2.63. The van der Waals surface area contributed by atoms with Gasteiger partial charge in [0.15, 0.2) is 0 Å². The molecule has 0 unspecified atom stereocenters. The molecule has 1 N–H and O–H groups in total. The van der Waals surface area contributed by atoms with Gasteiger partial charge in [-0.15, -0.1) is 0 Å². The van der Waals surface area contributed by atoms with E-state index in [0.717, 1.165) is 23.1 Å². The van der Waals surface area contributed by atoms with Gasteiger partial charge in [0.05, 0.1) is 16.6 Å². The Balaban J connectivity index is 2.02. The Labute approximate surface area is 129 Å². The van der Waals surface area contributed by atoms with Crippen LogP contribution in [-0.4, -0.2) is 10.2 Å². The van der Waals surface area contributed by atoms with Gasteiger partial charge in [-0.1, -0.05) is 24.3 Å². The van der Waals surface area contributed by atoms with Crippen LogP contribution in [0.1, 0.15) is 22.4 Å². The Morgan fingerprint density at radius 1 is 1.09 bits per heavy atom. The highest BCUT2D eigenvalue weighted by molar-refractivity contribution is 5.86. The SMILES string of the molecule is Cc1cccc2c(=O)[nH]nc(Cc3ccc(C(F)(F)F)cc3)c12. The molecule has 6 heteroatoms. The van der Waals surface area contributed by atoms with E-state index in [4.69, 9.17) is 0 Å². The van der Waals surface area contributed by atoms with Crippen LogP contribution in [0, 0.1) is 6.92 Å². The maximum absolute atomic E-state index is 12.6. The molecule has 3 rings (SSSR count). The fraction of sp³-hybridized carbons (Fsp3) is 0.176. The van der Waals surface area contributed by atoms with E-state index in [9.17, 15) is 18.0 Å². The molecule has 0 spiro atoms. The van der Waals surface area contributed by atoms with Crippen molar-refractivity contribution in [3.63, 3.8) is 0 Å². The van der Waals surface area contributed by atoms with Gasteiger partial charge in [-0.3, -0.25) is 4.79 Å². The first-order valence-electron chi connectivity index (χ1n) is 6.99. The number of nitrogens with one attached hydrogen (secondary N) is 1. The first-order valence-corrected chi connectivity index (χ1v) is 6.99. The minimum Gasteiger partial charge on any atom is -0.267 e. The highest BCUT2D eigenvalue weighted by Crippen LogP contribution is 2.29. The summed E-state index contributed by atoms with van der Waals surface area (Å²) < 4.78 is 37.8. The molecule has 0 fully saturated rings. The van der Waals surface area contributed by atoms with Gasteiger partial charge in [-0.2, -0.15) is 18.3 Å². The van der Waals surface area contributed by atoms with Crippen LogP contribution in [0.25, 0.3) is 10.8 Å². The number of alkyl halides is 3. The lowest BCUT2D eigenvalue weighted by Crippen LogP contribution is -2.12. The van der Waals surface area contributed by atoms with E-state index >= 15 is 0 Å². The molecule has 0 bridgehead atoms. The van der Waals surface area contributed by atoms with Crippen molar-refractivity contribution in [2.75, 3.05) is 0 Å². The summed E-state index contributed by atoms with van der Waals surface area (Å²) in [4.78, 5) is 11.8. The molecule has 0 amide bonds. The smallest absolute Gasteiger partial charge is 0.267 e. The number of rotatable bonds is 2. The molecular formula is C17H13F3N2O. The minimum atomic E-state index is -4.35. The van der Waals surface area contributed by atoms with E-state index in [1.54, 1.807) is 12.1 Å². The highest BCUT2D eigenvalue weighted by atomic mass is 19.4. The number of aromatic amines is 1. The number of fused-ring (bicyclic) bond motifs is 1. The van der Waals surface area contributed by atoms with Crippen molar-refractivity contribution in [3.05, 3.63) is 75.2 Å². The molecule has 0 radical (unpaired) electrons. The first-order chi connectivity index (χ1) is 10.9. The van der Waals surface area contributed by atoms with E-state index in [-0.39, 0.29) is 5.56 Å². The summed E-state index contributed by atoms with van der Waals surface area (Å²) in [5, 5.41) is 7.79. The molecular weight excluding hydrogens is 305 g/mol. The normalized spacial score (nSPS) is 11.8. The number of benzene rings is 2. The van der Waals surface area contributed by atoms with Gasteiger partial charge < -0.3 is 0 Å². The molecule has 23 heavy (non-hydrogen) atoms. The number of aryl methyl sites for hydroxylation is 1. The second-order valence-electron chi connectivity index (χ2n) is 5.37. The lowest BCUT2D eigenvalue weighted by molar-refractivity contribution is -0.137. The van der Waals surface area contributed by atoms with Crippen LogP contribution in [0.2, 0.25) is 0 Å². The molecule has 1 heterocycles. The second kappa shape index (κ2) is 5.53. The van der Waals surface area contributed by atoms with Gasteiger partial charge >= 0.3 is 6.18 Å². The zero-order chi connectivity index (χ0) is 16.6. The molecule has 2 aromatic carbocycles. The molecule has 3 nitrogen and oxygen atoms in total. The Bertz CT molecular complexity index is 912. The van der Waals surface area contributed by atoms with E-state index in [0.29, 0.717) is 23.1 Å². The lowest BCUT2D eigenvalue weighted by atomic mass is 10.0. The van der Waals surface area contributed by atoms with Crippen molar-refractivity contribution in [2.45, 2.75) is 19.5 Å². The molecule has 0 aliphatic rings. The van der Waals surface area contributed by atoms with Crippen LogP contribution in [0.4, 0.5) is 13.2 Å². The van der Waals surface area contributed by atoms with Gasteiger partial charge in [-0.25, -0.2) is 5.10 Å². The van der Waals surface area contributed by atoms with Crippen LogP contribution in [0.5, 0.6) is 0 Å². The van der Waals surface area contributed by atoms with Crippen LogP contribution in [-0.2, 0) is 12.6 Å². The zero-order valence-electron chi connectivity index (χ0n) is 12.2. The second-order valence-corrected chi connectivity index (χ2v) is 5.37. The van der Waals surface area contributed by atoms with Crippen molar-refractivity contribution in [1.82, 2.24) is 10.2 Å². The van der Waals surface area contributed by atoms with E-state index in [1.165, 1.54) is 12.1 Å². The number of hydrogen-bond donors (Lipinski definition) is 1. The maximum Gasteiger partial charge on any atom is 0.416 e. The number of hydrogen-bond acceptors (Lipinski definition) is 2. The summed E-state index contributed by atoms with van der Waals surface area (Å²) >= 11 is 0. The molecule has 1 aromatic heterocycles. The standard InChI is InChI=1S/C17H13F3N2O/c1-10-3-2-4-13-15(10)14(21-22-16(13)23)9-11-5-7-12(8-6-11)17(18,19)20/h2-8H,9H2,1H3,(H,22,23). The summed E-state index contributed by atoms with van der Waals surface area (Å²) in [6.45, 7) is 1.87. The topological polar surface area (TPSA) is 45.8 Å². The number of H-pyrrole nitrogens is 1. The average molecular weight is 318 g/mol. The third-order valence-electron chi connectivity index (χ3n) is 3.75. The summed E-state index contributed by atoms with van der Waals surface area (Å²) in [5.74, 6) is 0. The summed E-state index contributed by atoms with van der Waals surface area (Å²) in [6, 6.07) is 10.3. The maximum atomic E-state index is 12.6. The fourth-order valence-corrected chi connectivity index (χ4v) is 2.61. The molecule has 0 aliphatic heterocycles. The van der Waals surface area contributed by atoms with Gasteiger partial charge in [0.25, 0.3) is 5.56 Å². The summed E-state index contributed by atoms with van der Waals surface area (Å²) in [7, 11) is 0. The quantitative estimate of drug-likeness (QED) is 0.780. The van der Waals surface area contributed by atoms with Gasteiger partial charge in [0.1, 0.15) is 0 Å². The average Bonchev–Trinajstić information content (AvgIpc) is 2.50. The Morgan fingerprint density at radius 3 is 2.43 bits per heavy atom. The van der Waals surface area contributed by atoms with E-state index in [1.807, 2.05) is 13.0 Å². The highest BCUT2D eigenvalue weighted by Gasteiger charge is 2.29. The number of aromatic nitrogens is 2. The molecule has 118 valence electrons. The fourth-order valence-electron chi connectivity index (χ4n) is 2.61. The Kier molecular flexibility index (Phi) is 3.67. The molecule has 0 saturated heterocycles. The van der Waals surface area contributed by atoms with Crippen LogP contribution < -0.4 is 5.56 Å².